The van der Waals surface area contributed by atoms with E-state index in [4.69, 9.17) is 5.73 Å². The fourth-order valence-corrected chi connectivity index (χ4v) is 5.47. The third kappa shape index (κ3) is 4.31. The van der Waals surface area contributed by atoms with E-state index in [2.05, 4.69) is 10.1 Å². The van der Waals surface area contributed by atoms with Crippen molar-refractivity contribution in [3.05, 3.63) is 87.2 Å². The van der Waals surface area contributed by atoms with Gasteiger partial charge in [0.1, 0.15) is 22.7 Å². The van der Waals surface area contributed by atoms with Crippen molar-refractivity contribution in [2.45, 2.75) is 24.5 Å². The number of nitrogens with one attached hydrogen (secondary N) is 1. The summed E-state index contributed by atoms with van der Waals surface area (Å²) < 4.78 is 34.6. The number of fused-ring (bicyclic) bond motifs is 1. The molecule has 0 aliphatic carbocycles. The Bertz CT molecular complexity index is 1380. The number of esters is 1. The van der Waals surface area contributed by atoms with Gasteiger partial charge in [-0.1, -0.05) is 30.0 Å². The van der Waals surface area contributed by atoms with E-state index in [1.807, 2.05) is 19.1 Å². The highest BCUT2D eigenvalue weighted by molar-refractivity contribution is 8.04. The van der Waals surface area contributed by atoms with Gasteiger partial charge in [-0.05, 0) is 36.8 Å². The van der Waals surface area contributed by atoms with Crippen LogP contribution < -0.4 is 11.1 Å². The van der Waals surface area contributed by atoms with Crippen molar-refractivity contribution in [1.82, 2.24) is 4.90 Å². The summed E-state index contributed by atoms with van der Waals surface area (Å²) in [6, 6.07) is 11.8. The van der Waals surface area contributed by atoms with E-state index < -0.39 is 46.1 Å². The number of hydrogen-bond acceptors (Lipinski definition) is 7. The number of anilines is 1. The van der Waals surface area contributed by atoms with Gasteiger partial charge in [0.15, 0.2) is 0 Å². The Morgan fingerprint density at radius 2 is 1.89 bits per heavy atom. The molecule has 2 aliphatic rings. The Balaban J connectivity index is 1.93. The molecular weight excluding hydrogens is 490 g/mol. The molecule has 11 heteroatoms. The van der Waals surface area contributed by atoms with E-state index in [1.165, 1.54) is 7.11 Å². The summed E-state index contributed by atoms with van der Waals surface area (Å²) in [6.07, 6.45) is -0.333. The number of allylic oxidation sites excluding steroid dienone is 1. The minimum atomic E-state index is -1.54. The van der Waals surface area contributed by atoms with E-state index in [1.54, 1.807) is 18.2 Å². The van der Waals surface area contributed by atoms with Crippen LogP contribution in [0.2, 0.25) is 0 Å². The molecule has 1 fully saturated rings. The molecule has 2 aliphatic heterocycles. The Morgan fingerprint density at radius 1 is 1.22 bits per heavy atom. The molecule has 3 N–H and O–H groups in total. The molecule has 0 unspecified atom stereocenters. The van der Waals surface area contributed by atoms with E-state index >= 15 is 0 Å². The van der Waals surface area contributed by atoms with Crippen molar-refractivity contribution >= 4 is 35.2 Å². The summed E-state index contributed by atoms with van der Waals surface area (Å²) in [4.78, 5) is 39.7. The average molecular weight is 511 g/mol. The highest BCUT2D eigenvalue weighted by Gasteiger charge is 2.49. The standard InChI is InChI=1S/C25H20F2N4O4S/c1-12-5-3-6-13(9-12)30-23(33)21-19(20-15(26)7-4-8-16(20)27)14(11-28)22(29)31-24(34)17(36-25(21)31)10-18(32)35-2/h3-9,17,19H,10,29H2,1-2H3,(H,30,33)/t17-,19-/m0/s1. The number of methoxy groups -OCH3 is 1. The third-order valence-electron chi connectivity index (χ3n) is 5.79. The number of benzene rings is 2. The summed E-state index contributed by atoms with van der Waals surface area (Å²) in [7, 11) is 1.17. The number of thioether (sulfide) groups is 1. The molecule has 0 spiro atoms. The van der Waals surface area contributed by atoms with E-state index in [0.717, 1.165) is 40.4 Å². The second-order valence-electron chi connectivity index (χ2n) is 8.08. The fraction of sp³-hybridized carbons (Fsp3) is 0.200. The zero-order chi connectivity index (χ0) is 26.1. The normalized spacial score (nSPS) is 19.2. The van der Waals surface area contributed by atoms with Crippen LogP contribution in [-0.4, -0.2) is 35.0 Å². The first-order valence-electron chi connectivity index (χ1n) is 10.7. The van der Waals surface area contributed by atoms with Gasteiger partial charge >= 0.3 is 5.97 Å². The maximum atomic E-state index is 15.0. The Kier molecular flexibility index (Phi) is 6.81. The van der Waals surface area contributed by atoms with Gasteiger partial charge < -0.3 is 15.8 Å². The largest absolute Gasteiger partial charge is 0.469 e. The lowest BCUT2D eigenvalue weighted by Crippen LogP contribution is -2.39. The van der Waals surface area contributed by atoms with E-state index in [9.17, 15) is 28.4 Å². The van der Waals surface area contributed by atoms with Gasteiger partial charge in [0.2, 0.25) is 5.91 Å². The number of ether oxygens (including phenoxy) is 1. The maximum Gasteiger partial charge on any atom is 0.307 e. The van der Waals surface area contributed by atoms with Gasteiger partial charge in [-0.3, -0.25) is 19.3 Å². The molecule has 4 rings (SSSR count). The minimum absolute atomic E-state index is 0.0109. The Labute approximate surface area is 209 Å². The van der Waals surface area contributed by atoms with Crippen LogP contribution in [0.4, 0.5) is 14.5 Å². The number of carbonyl (C=O) groups excluding carboxylic acids is 3. The molecule has 0 bridgehead atoms. The quantitative estimate of drug-likeness (QED) is 0.591. The summed E-state index contributed by atoms with van der Waals surface area (Å²) in [5, 5.41) is 11.6. The number of nitriles is 1. The second-order valence-corrected chi connectivity index (χ2v) is 9.27. The van der Waals surface area contributed by atoms with Gasteiger partial charge in [0.05, 0.1) is 41.7 Å². The summed E-state index contributed by atoms with van der Waals surface area (Å²) in [5.41, 5.74) is 6.26. The maximum absolute atomic E-state index is 15.0. The Hall–Kier alpha value is -4.17. The fourth-order valence-electron chi connectivity index (χ4n) is 4.14. The summed E-state index contributed by atoms with van der Waals surface area (Å²) in [6.45, 7) is 1.82. The molecule has 184 valence electrons. The smallest absolute Gasteiger partial charge is 0.307 e. The SMILES string of the molecule is COC(=O)C[C@@H]1SC2=C(C(=O)Nc3cccc(C)c3)[C@H](c3c(F)cccc3F)C(C#N)=C(N)N2C1=O. The molecule has 0 radical (unpaired) electrons. The molecule has 1 saturated heterocycles. The summed E-state index contributed by atoms with van der Waals surface area (Å²) in [5.74, 6) is -5.99. The van der Waals surface area contributed by atoms with Crippen LogP contribution in [0.3, 0.4) is 0 Å². The molecule has 2 aromatic rings. The number of hydrogen-bond donors (Lipinski definition) is 2. The van der Waals surface area contributed by atoms with E-state index in [0.29, 0.717) is 5.69 Å². The van der Waals surface area contributed by atoms with Crippen molar-refractivity contribution in [3.8, 4) is 6.07 Å². The topological polar surface area (TPSA) is 126 Å². The van der Waals surface area contributed by atoms with Crippen LogP contribution in [0.15, 0.2) is 64.5 Å². The number of amides is 2. The van der Waals surface area contributed by atoms with Gasteiger partial charge in [0, 0.05) is 11.3 Å². The van der Waals surface area contributed by atoms with Crippen LogP contribution >= 0.6 is 11.8 Å². The van der Waals surface area contributed by atoms with Crippen molar-refractivity contribution in [3.63, 3.8) is 0 Å². The Morgan fingerprint density at radius 3 is 2.50 bits per heavy atom. The van der Waals surface area contributed by atoms with Gasteiger partial charge in [-0.2, -0.15) is 5.26 Å². The number of halogens is 2. The number of rotatable bonds is 5. The highest BCUT2D eigenvalue weighted by Crippen LogP contribution is 2.50. The molecule has 2 aromatic carbocycles. The number of nitrogens with two attached hydrogens (primary N) is 1. The monoisotopic (exact) mass is 510 g/mol. The number of carbonyl (C=O) groups is 3. The first kappa shape index (κ1) is 24.9. The molecule has 8 nitrogen and oxygen atoms in total. The number of aryl methyl sites for hydroxylation is 1. The average Bonchev–Trinajstić information content (AvgIpc) is 3.14. The molecule has 2 amide bonds. The minimum Gasteiger partial charge on any atom is -0.469 e. The lowest BCUT2D eigenvalue weighted by atomic mass is 9.82. The van der Waals surface area contributed by atoms with Gasteiger partial charge in [0.25, 0.3) is 5.91 Å². The number of nitrogens with zero attached hydrogens (tertiary/aromatic N) is 2. The van der Waals surface area contributed by atoms with Crippen LogP contribution in [-0.2, 0) is 19.1 Å². The van der Waals surface area contributed by atoms with Crippen molar-refractivity contribution in [2.24, 2.45) is 5.73 Å². The molecule has 2 atom stereocenters. The highest BCUT2D eigenvalue weighted by atomic mass is 32.2. The zero-order valence-corrected chi connectivity index (χ0v) is 20.0. The second kappa shape index (κ2) is 9.83. The lowest BCUT2D eigenvalue weighted by Gasteiger charge is -2.32. The van der Waals surface area contributed by atoms with Crippen LogP contribution in [0.1, 0.15) is 23.5 Å². The van der Waals surface area contributed by atoms with Gasteiger partial charge in [-0.25, -0.2) is 8.78 Å². The van der Waals surface area contributed by atoms with Crippen LogP contribution in [0.25, 0.3) is 0 Å². The van der Waals surface area contributed by atoms with Crippen LogP contribution in [0.5, 0.6) is 0 Å². The first-order valence-corrected chi connectivity index (χ1v) is 11.6. The van der Waals surface area contributed by atoms with Crippen LogP contribution in [0, 0.1) is 29.9 Å². The van der Waals surface area contributed by atoms with Crippen molar-refractivity contribution in [2.75, 3.05) is 12.4 Å². The summed E-state index contributed by atoms with van der Waals surface area (Å²) >= 11 is 0.849. The predicted octanol–water partition coefficient (Wildman–Crippen LogP) is 3.42. The molecule has 2 heterocycles. The molecule has 36 heavy (non-hydrogen) atoms. The third-order valence-corrected chi connectivity index (χ3v) is 7.07. The molecule has 0 saturated carbocycles. The van der Waals surface area contributed by atoms with Crippen molar-refractivity contribution in [1.29, 1.82) is 5.26 Å². The lowest BCUT2D eigenvalue weighted by molar-refractivity contribution is -0.142. The van der Waals surface area contributed by atoms with Gasteiger partial charge in [-0.15, -0.1) is 0 Å². The molecule has 0 aromatic heterocycles. The van der Waals surface area contributed by atoms with Crippen molar-refractivity contribution < 1.29 is 27.9 Å². The molecular formula is C25H20F2N4O4S. The van der Waals surface area contributed by atoms with E-state index in [-0.39, 0.29) is 28.4 Å². The zero-order valence-electron chi connectivity index (χ0n) is 19.2. The predicted molar refractivity (Wildman–Crippen MR) is 128 cm³/mol. The first-order chi connectivity index (χ1) is 17.2.